The van der Waals surface area contributed by atoms with E-state index in [0.717, 1.165) is 4.47 Å². The summed E-state index contributed by atoms with van der Waals surface area (Å²) in [6.07, 6.45) is 0. The Hall–Kier alpha value is -1.07. The van der Waals surface area contributed by atoms with Crippen molar-refractivity contribution >= 4 is 59.2 Å². The molecule has 8 heteroatoms. The lowest BCUT2D eigenvalue weighted by Gasteiger charge is -2.10. The Morgan fingerprint density at radius 2 is 1.86 bits per heavy atom. The zero-order chi connectivity index (χ0) is 15.6. The fraction of sp³-hybridized carbons (Fsp3) is 0. The van der Waals surface area contributed by atoms with Gasteiger partial charge >= 0.3 is 0 Å². The third-order valence-corrected chi connectivity index (χ3v) is 5.69. The molecule has 1 N–H and O–H groups in total. The third kappa shape index (κ3) is 3.77. The van der Waals surface area contributed by atoms with Gasteiger partial charge in [0.15, 0.2) is 0 Å². The van der Waals surface area contributed by atoms with Crippen LogP contribution in [0.15, 0.2) is 50.2 Å². The fourth-order valence-electron chi connectivity index (χ4n) is 1.57. The highest BCUT2D eigenvalue weighted by atomic mass is 79.9. The fourth-order valence-corrected chi connectivity index (χ4v) is 4.59. The van der Waals surface area contributed by atoms with E-state index in [1.54, 1.807) is 12.1 Å². The Bertz CT molecular complexity index is 848. The molecule has 0 unspecified atom stereocenters. The summed E-state index contributed by atoms with van der Waals surface area (Å²) >= 11 is 12.4. The average molecular weight is 451 g/mol. The van der Waals surface area contributed by atoms with E-state index in [0.29, 0.717) is 4.47 Å². The number of benzene rings is 2. The molecule has 0 aliphatic heterocycles. The zero-order valence-corrected chi connectivity index (χ0v) is 15.0. The summed E-state index contributed by atoms with van der Waals surface area (Å²) in [5.74, 6) is 0. The van der Waals surface area contributed by atoms with Crippen molar-refractivity contribution in [3.63, 3.8) is 0 Å². The number of nitriles is 1. The number of rotatable bonds is 3. The maximum absolute atomic E-state index is 12.3. The molecule has 2 aromatic carbocycles. The Labute approximate surface area is 144 Å². The van der Waals surface area contributed by atoms with Crippen LogP contribution in [0, 0.1) is 11.3 Å². The molecule has 4 nitrogen and oxygen atoms in total. The van der Waals surface area contributed by atoms with Crippen molar-refractivity contribution in [2.45, 2.75) is 4.90 Å². The molecule has 108 valence electrons. The predicted octanol–water partition coefficient (Wildman–Crippen LogP) is 4.54. The average Bonchev–Trinajstić information content (AvgIpc) is 2.37. The summed E-state index contributed by atoms with van der Waals surface area (Å²) < 4.78 is 28.3. The molecular weight excluding hydrogens is 443 g/mol. The van der Waals surface area contributed by atoms with Gasteiger partial charge in [0.1, 0.15) is 11.0 Å². The summed E-state index contributed by atoms with van der Waals surface area (Å²) in [5, 5.41) is 8.99. The monoisotopic (exact) mass is 448 g/mol. The molecule has 0 spiro atoms. The molecule has 0 aliphatic rings. The number of hydrogen-bond donors (Lipinski definition) is 1. The quantitative estimate of drug-likeness (QED) is 0.747. The molecule has 2 aromatic rings. The van der Waals surface area contributed by atoms with Crippen molar-refractivity contribution in [3.05, 3.63) is 55.9 Å². The zero-order valence-electron chi connectivity index (χ0n) is 10.3. The van der Waals surface area contributed by atoms with E-state index in [2.05, 4.69) is 36.6 Å². The van der Waals surface area contributed by atoms with Crippen LogP contribution in [0.3, 0.4) is 0 Å². The number of nitrogens with one attached hydrogen (secondary N) is 1. The highest BCUT2D eigenvalue weighted by Crippen LogP contribution is 2.28. The van der Waals surface area contributed by atoms with Crippen molar-refractivity contribution in [1.82, 2.24) is 0 Å². The number of anilines is 1. The Kier molecular flexibility index (Phi) is 4.94. The van der Waals surface area contributed by atoms with Gasteiger partial charge in [-0.15, -0.1) is 0 Å². The van der Waals surface area contributed by atoms with E-state index >= 15 is 0 Å². The second kappa shape index (κ2) is 6.36. The third-order valence-electron chi connectivity index (χ3n) is 2.53. The first kappa shape index (κ1) is 16.3. The maximum Gasteiger partial charge on any atom is 0.263 e. The van der Waals surface area contributed by atoms with Crippen molar-refractivity contribution < 1.29 is 8.42 Å². The maximum atomic E-state index is 12.3. The summed E-state index contributed by atoms with van der Waals surface area (Å²) in [5.41, 5.74) is 0.568. The molecule has 0 fully saturated rings. The molecule has 0 saturated heterocycles. The lowest BCUT2D eigenvalue weighted by Crippen LogP contribution is -2.13. The van der Waals surface area contributed by atoms with Crippen LogP contribution in [0.2, 0.25) is 5.02 Å². The van der Waals surface area contributed by atoms with E-state index in [4.69, 9.17) is 16.9 Å². The molecule has 0 bridgehead atoms. The highest BCUT2D eigenvalue weighted by molar-refractivity contribution is 9.11. The minimum absolute atomic E-state index is 0.103. The van der Waals surface area contributed by atoms with Crippen LogP contribution in [0.1, 0.15) is 5.56 Å². The van der Waals surface area contributed by atoms with E-state index in [9.17, 15) is 8.42 Å². The number of sulfonamides is 1. The Morgan fingerprint density at radius 3 is 2.43 bits per heavy atom. The van der Waals surface area contributed by atoms with Gasteiger partial charge in [0.05, 0.1) is 16.3 Å². The molecular formula is C13H7Br2ClN2O2S. The van der Waals surface area contributed by atoms with Crippen molar-refractivity contribution in [2.24, 2.45) is 0 Å². The lowest BCUT2D eigenvalue weighted by atomic mass is 10.2. The summed E-state index contributed by atoms with van der Waals surface area (Å²) in [6, 6.07) is 11.0. The van der Waals surface area contributed by atoms with Crippen LogP contribution in [-0.4, -0.2) is 8.42 Å². The Balaban J connectivity index is 2.38. The topological polar surface area (TPSA) is 70.0 Å². The second-order valence-corrected chi connectivity index (χ2v) is 7.81. The summed E-state index contributed by atoms with van der Waals surface area (Å²) in [6.45, 7) is 0. The Morgan fingerprint density at radius 1 is 1.14 bits per heavy atom. The van der Waals surface area contributed by atoms with E-state index in [1.165, 1.54) is 24.3 Å². The number of hydrogen-bond acceptors (Lipinski definition) is 3. The van der Waals surface area contributed by atoms with Crippen LogP contribution in [-0.2, 0) is 10.0 Å². The van der Waals surface area contributed by atoms with Crippen LogP contribution in [0.4, 0.5) is 5.69 Å². The molecule has 0 saturated carbocycles. The van der Waals surface area contributed by atoms with Crippen LogP contribution < -0.4 is 4.72 Å². The van der Waals surface area contributed by atoms with Gasteiger partial charge in [-0.05, 0) is 52.3 Å². The van der Waals surface area contributed by atoms with Crippen LogP contribution in [0.5, 0.6) is 0 Å². The molecule has 0 radical (unpaired) electrons. The van der Waals surface area contributed by atoms with E-state index in [-0.39, 0.29) is 21.2 Å². The summed E-state index contributed by atoms with van der Waals surface area (Å²) in [4.78, 5) is 0.103. The smallest absolute Gasteiger partial charge is 0.263 e. The minimum Gasteiger partial charge on any atom is -0.280 e. The first-order valence-electron chi connectivity index (χ1n) is 5.51. The largest absolute Gasteiger partial charge is 0.280 e. The first-order valence-corrected chi connectivity index (χ1v) is 8.96. The standard InChI is InChI=1S/C13H7Br2ClN2O2S/c14-9-2-4-13(11(15)5-9)21(19,20)18-10-3-1-8(7-17)12(16)6-10/h1-6,18H. The van der Waals surface area contributed by atoms with Crippen LogP contribution >= 0.6 is 43.5 Å². The lowest BCUT2D eigenvalue weighted by molar-refractivity contribution is 0.600. The van der Waals surface area contributed by atoms with Gasteiger partial charge in [-0.25, -0.2) is 8.42 Å². The minimum atomic E-state index is -3.76. The normalized spacial score (nSPS) is 11.0. The van der Waals surface area contributed by atoms with Gasteiger partial charge in [0, 0.05) is 8.95 Å². The van der Waals surface area contributed by atoms with Crippen LogP contribution in [0.25, 0.3) is 0 Å². The van der Waals surface area contributed by atoms with Gasteiger partial charge < -0.3 is 0 Å². The van der Waals surface area contributed by atoms with Gasteiger partial charge in [-0.2, -0.15) is 5.26 Å². The van der Waals surface area contributed by atoms with Gasteiger partial charge in [-0.1, -0.05) is 27.5 Å². The first-order chi connectivity index (χ1) is 9.83. The molecule has 0 atom stereocenters. The highest BCUT2D eigenvalue weighted by Gasteiger charge is 2.18. The molecule has 21 heavy (non-hydrogen) atoms. The second-order valence-electron chi connectivity index (χ2n) is 3.99. The van der Waals surface area contributed by atoms with E-state index in [1.807, 2.05) is 6.07 Å². The molecule has 0 heterocycles. The van der Waals surface area contributed by atoms with E-state index < -0.39 is 10.0 Å². The number of halogens is 3. The number of nitrogens with zero attached hydrogens (tertiary/aromatic N) is 1. The summed E-state index contributed by atoms with van der Waals surface area (Å²) in [7, 11) is -3.76. The van der Waals surface area contributed by atoms with Gasteiger partial charge in [-0.3, -0.25) is 4.72 Å². The predicted molar refractivity (Wildman–Crippen MR) is 88.8 cm³/mol. The SMILES string of the molecule is N#Cc1ccc(NS(=O)(=O)c2ccc(Br)cc2Br)cc1Cl. The molecule has 2 rings (SSSR count). The van der Waals surface area contributed by atoms with Crippen molar-refractivity contribution in [2.75, 3.05) is 4.72 Å². The van der Waals surface area contributed by atoms with Crippen molar-refractivity contribution in [1.29, 1.82) is 5.26 Å². The van der Waals surface area contributed by atoms with Crippen molar-refractivity contribution in [3.8, 4) is 6.07 Å². The molecule has 0 aromatic heterocycles. The molecule has 0 amide bonds. The molecule has 0 aliphatic carbocycles. The van der Waals surface area contributed by atoms with Gasteiger partial charge in [0.25, 0.3) is 10.0 Å². The van der Waals surface area contributed by atoms with Gasteiger partial charge in [0.2, 0.25) is 0 Å².